The van der Waals surface area contributed by atoms with E-state index in [0.29, 0.717) is 17.9 Å². The number of carboxylic acids is 1. The zero-order chi connectivity index (χ0) is 19.7. The number of hydrogen-bond acceptors (Lipinski definition) is 3. The summed E-state index contributed by atoms with van der Waals surface area (Å²) in [6.45, 7) is 3.05. The quantitative estimate of drug-likeness (QED) is 0.771. The maximum absolute atomic E-state index is 13.0. The highest BCUT2D eigenvalue weighted by Crippen LogP contribution is 2.36. The van der Waals surface area contributed by atoms with Gasteiger partial charge in [0.25, 0.3) is 5.91 Å². The van der Waals surface area contributed by atoms with Gasteiger partial charge in [0.05, 0.1) is 0 Å². The fourth-order valence-corrected chi connectivity index (χ4v) is 5.33. The highest BCUT2D eigenvalue weighted by molar-refractivity contribution is 5.98. The predicted octanol–water partition coefficient (Wildman–Crippen LogP) is 4.30. The van der Waals surface area contributed by atoms with E-state index in [1.807, 2.05) is 0 Å². The zero-order valence-electron chi connectivity index (χ0n) is 17.3. The van der Waals surface area contributed by atoms with E-state index in [1.165, 1.54) is 24.0 Å². The minimum absolute atomic E-state index is 0. The zero-order valence-corrected chi connectivity index (χ0v) is 18.1. The maximum Gasteiger partial charge on any atom is 0.303 e. The first-order valence-electron chi connectivity index (χ1n) is 10.9. The lowest BCUT2D eigenvalue weighted by molar-refractivity contribution is -0.137. The van der Waals surface area contributed by atoms with Gasteiger partial charge in [-0.2, -0.15) is 0 Å². The molecule has 3 aliphatic rings. The van der Waals surface area contributed by atoms with Crippen molar-refractivity contribution >= 4 is 24.3 Å². The van der Waals surface area contributed by atoms with Crippen molar-refractivity contribution in [3.05, 3.63) is 34.9 Å². The Morgan fingerprint density at radius 3 is 2.45 bits per heavy atom. The smallest absolute Gasteiger partial charge is 0.303 e. The highest BCUT2D eigenvalue weighted by atomic mass is 35.5. The summed E-state index contributed by atoms with van der Waals surface area (Å²) in [6.07, 6.45) is 7.54. The van der Waals surface area contributed by atoms with Gasteiger partial charge >= 0.3 is 5.97 Å². The Balaban J connectivity index is 0.00000240. The monoisotopic (exact) mass is 420 g/mol. The Hall–Kier alpha value is -1.59. The van der Waals surface area contributed by atoms with Crippen LogP contribution in [0.2, 0.25) is 0 Å². The van der Waals surface area contributed by atoms with E-state index in [9.17, 15) is 9.59 Å². The molecule has 0 radical (unpaired) electrons. The van der Waals surface area contributed by atoms with E-state index in [1.54, 1.807) is 0 Å². The molecule has 0 atom stereocenters. The molecule has 29 heavy (non-hydrogen) atoms. The minimum Gasteiger partial charge on any atom is -0.481 e. The molecule has 1 saturated carbocycles. The maximum atomic E-state index is 13.0. The number of carbonyl (C=O) groups excluding carboxylic acids is 1. The number of nitrogens with zero attached hydrogens (tertiary/aromatic N) is 2. The predicted molar refractivity (Wildman–Crippen MR) is 116 cm³/mol. The Bertz CT molecular complexity index is 738. The fourth-order valence-electron chi connectivity index (χ4n) is 5.33. The van der Waals surface area contributed by atoms with Gasteiger partial charge in [-0.1, -0.05) is 12.1 Å². The van der Waals surface area contributed by atoms with E-state index in [4.69, 9.17) is 5.11 Å². The van der Waals surface area contributed by atoms with Gasteiger partial charge < -0.3 is 14.9 Å². The molecule has 1 N–H and O–H groups in total. The Kier molecular flexibility index (Phi) is 7.23. The molecule has 1 saturated heterocycles. The second-order valence-corrected chi connectivity index (χ2v) is 9.03. The van der Waals surface area contributed by atoms with Crippen molar-refractivity contribution in [3.8, 4) is 0 Å². The van der Waals surface area contributed by atoms with Gasteiger partial charge in [-0.3, -0.25) is 9.59 Å². The topological polar surface area (TPSA) is 60.9 Å². The van der Waals surface area contributed by atoms with Gasteiger partial charge in [0.1, 0.15) is 0 Å². The van der Waals surface area contributed by atoms with Crippen LogP contribution in [0.15, 0.2) is 18.2 Å². The number of hydrogen-bond donors (Lipinski definition) is 1. The first-order chi connectivity index (χ1) is 13.5. The molecule has 1 amide bonds. The number of amides is 1. The van der Waals surface area contributed by atoms with E-state index in [-0.39, 0.29) is 24.7 Å². The van der Waals surface area contributed by atoms with Crippen LogP contribution in [0.4, 0.5) is 0 Å². The lowest BCUT2D eigenvalue weighted by Crippen LogP contribution is -2.38. The van der Waals surface area contributed by atoms with Gasteiger partial charge in [0.2, 0.25) is 0 Å². The van der Waals surface area contributed by atoms with Gasteiger partial charge in [-0.05, 0) is 94.1 Å². The van der Waals surface area contributed by atoms with Crippen LogP contribution in [0.3, 0.4) is 0 Å². The number of carboxylic acid groups (broad SMARTS) is 1. The molecule has 2 aliphatic heterocycles. The molecular formula is C23H33ClN2O3. The summed E-state index contributed by atoms with van der Waals surface area (Å²) in [4.78, 5) is 28.2. The number of halogens is 1. The standard InChI is InChI=1S/C23H32N2O3.ClH/c1-24-12-10-17(11-13-24)18-5-8-21-19(14-18)15-25(23(21)28)20-6-2-16(3-7-20)4-9-22(26)27;/h5,8,14,16-17,20H,2-4,6-7,9-13,15H2,1H3,(H,26,27);1H. The third-order valence-corrected chi connectivity index (χ3v) is 7.17. The van der Waals surface area contributed by atoms with Crippen molar-refractivity contribution in [1.29, 1.82) is 0 Å². The highest BCUT2D eigenvalue weighted by Gasteiger charge is 2.35. The molecule has 0 bridgehead atoms. The molecule has 160 valence electrons. The molecule has 1 aliphatic carbocycles. The Morgan fingerprint density at radius 1 is 1.10 bits per heavy atom. The van der Waals surface area contributed by atoms with Crippen LogP contribution in [0, 0.1) is 5.92 Å². The number of benzene rings is 1. The van der Waals surface area contributed by atoms with Crippen LogP contribution >= 0.6 is 12.4 Å². The van der Waals surface area contributed by atoms with E-state index in [0.717, 1.165) is 57.3 Å². The van der Waals surface area contributed by atoms with Crippen LogP contribution in [-0.4, -0.2) is 53.0 Å². The normalized spacial score (nSPS) is 25.6. The first kappa shape index (κ1) is 22.1. The molecule has 5 nitrogen and oxygen atoms in total. The van der Waals surface area contributed by atoms with Gasteiger partial charge in [-0.15, -0.1) is 12.4 Å². The van der Waals surface area contributed by atoms with Crippen molar-refractivity contribution in [1.82, 2.24) is 9.80 Å². The first-order valence-corrected chi connectivity index (χ1v) is 10.9. The molecule has 2 heterocycles. The van der Waals surface area contributed by atoms with E-state index >= 15 is 0 Å². The number of carbonyl (C=O) groups is 2. The van der Waals surface area contributed by atoms with Crippen molar-refractivity contribution in [3.63, 3.8) is 0 Å². The molecule has 0 aromatic heterocycles. The van der Waals surface area contributed by atoms with Crippen LogP contribution in [0.5, 0.6) is 0 Å². The molecule has 1 aromatic carbocycles. The molecule has 2 fully saturated rings. The van der Waals surface area contributed by atoms with Crippen molar-refractivity contribution in [2.45, 2.75) is 69.9 Å². The summed E-state index contributed by atoms with van der Waals surface area (Å²) in [7, 11) is 2.19. The summed E-state index contributed by atoms with van der Waals surface area (Å²) < 4.78 is 0. The second-order valence-electron chi connectivity index (χ2n) is 9.03. The van der Waals surface area contributed by atoms with Crippen molar-refractivity contribution in [2.75, 3.05) is 20.1 Å². The fraction of sp³-hybridized carbons (Fsp3) is 0.652. The molecule has 6 heteroatoms. The molecular weight excluding hydrogens is 388 g/mol. The van der Waals surface area contributed by atoms with Crippen LogP contribution in [0.1, 0.15) is 78.8 Å². The van der Waals surface area contributed by atoms with Crippen LogP contribution in [-0.2, 0) is 11.3 Å². The van der Waals surface area contributed by atoms with Crippen molar-refractivity contribution in [2.24, 2.45) is 5.92 Å². The molecule has 1 aromatic rings. The van der Waals surface area contributed by atoms with E-state index < -0.39 is 5.97 Å². The molecule has 0 unspecified atom stereocenters. The SMILES string of the molecule is CN1CCC(c2ccc3c(c2)CN(C2CCC(CCC(=O)O)CC2)C3=O)CC1.Cl. The Morgan fingerprint density at radius 2 is 1.79 bits per heavy atom. The third kappa shape index (κ3) is 4.95. The number of aliphatic carboxylic acids is 1. The number of likely N-dealkylation sites (tertiary alicyclic amines) is 1. The molecule has 4 rings (SSSR count). The largest absolute Gasteiger partial charge is 0.481 e. The summed E-state index contributed by atoms with van der Waals surface area (Å²) in [5.74, 6) is 0.616. The van der Waals surface area contributed by atoms with Gasteiger partial charge in [-0.25, -0.2) is 0 Å². The van der Waals surface area contributed by atoms with Gasteiger partial charge in [0.15, 0.2) is 0 Å². The van der Waals surface area contributed by atoms with Crippen LogP contribution in [0.25, 0.3) is 0 Å². The average Bonchev–Trinajstić information content (AvgIpc) is 3.03. The number of piperidine rings is 1. The summed E-state index contributed by atoms with van der Waals surface area (Å²) in [5.41, 5.74) is 3.50. The van der Waals surface area contributed by atoms with Crippen molar-refractivity contribution < 1.29 is 14.7 Å². The molecule has 0 spiro atoms. The average molecular weight is 421 g/mol. The summed E-state index contributed by atoms with van der Waals surface area (Å²) in [5, 5.41) is 8.88. The van der Waals surface area contributed by atoms with Gasteiger partial charge in [0, 0.05) is 24.6 Å². The van der Waals surface area contributed by atoms with Crippen LogP contribution < -0.4 is 0 Å². The minimum atomic E-state index is -0.701. The Labute approximate surface area is 179 Å². The van der Waals surface area contributed by atoms with E-state index in [2.05, 4.69) is 35.0 Å². The summed E-state index contributed by atoms with van der Waals surface area (Å²) >= 11 is 0. The summed E-state index contributed by atoms with van der Waals surface area (Å²) in [6, 6.07) is 6.85. The number of fused-ring (bicyclic) bond motifs is 1. The third-order valence-electron chi connectivity index (χ3n) is 7.17. The second kappa shape index (κ2) is 9.48. The lowest BCUT2D eigenvalue weighted by atomic mass is 9.83. The lowest BCUT2D eigenvalue weighted by Gasteiger charge is -2.34. The number of rotatable bonds is 5.